The van der Waals surface area contributed by atoms with Crippen molar-refractivity contribution >= 4 is 23.4 Å². The molecule has 7 rings (SSSR count). The number of ether oxygens (including phenoxy) is 2. The number of aromatic hydroxyl groups is 2. The van der Waals surface area contributed by atoms with Crippen LogP contribution in [0.4, 0.5) is 5.69 Å². The molecule has 3 aromatic rings. The first-order valence-corrected chi connectivity index (χ1v) is 13.3. The van der Waals surface area contributed by atoms with Gasteiger partial charge in [0, 0.05) is 17.3 Å². The fraction of sp³-hybridized carbons (Fsp3) is 0.300. The number of carbonyl (C=O) groups excluding carboxylic acids is 3. The van der Waals surface area contributed by atoms with E-state index >= 15 is 0 Å². The Kier molecular flexibility index (Phi) is 5.33. The average molecular weight is 542 g/mol. The number of rotatable bonds is 5. The smallest absolute Gasteiger partial charge is 0.250 e. The summed E-state index contributed by atoms with van der Waals surface area (Å²) < 4.78 is 10.9. The summed E-state index contributed by atoms with van der Waals surface area (Å²) in [6.45, 7) is 2.16. The third-order valence-electron chi connectivity index (χ3n) is 8.55. The summed E-state index contributed by atoms with van der Waals surface area (Å²) in [5.41, 5.74) is 2.22. The Morgan fingerprint density at radius 2 is 1.68 bits per heavy atom. The minimum atomic E-state index is -1.43. The van der Waals surface area contributed by atoms with E-state index in [-0.39, 0.29) is 43.1 Å². The van der Waals surface area contributed by atoms with Gasteiger partial charge in [0.15, 0.2) is 23.0 Å². The Morgan fingerprint density at radius 1 is 0.900 bits per heavy atom. The highest BCUT2D eigenvalue weighted by molar-refractivity contribution is 6.15. The molecule has 204 valence electrons. The van der Waals surface area contributed by atoms with Gasteiger partial charge in [0.05, 0.1) is 18.4 Å². The van der Waals surface area contributed by atoms with E-state index < -0.39 is 29.3 Å². The molecular formula is C30H27N3O7. The van der Waals surface area contributed by atoms with E-state index in [0.717, 1.165) is 12.0 Å². The standard InChI is InChI=1S/C30H27N3O7/c1-2-15-3-6-19-18(9-15)30(29(38)31-19)26-25(20(32-30)10-16-4-7-21(34)22(35)11-16)27(36)33(28(26)37)13-17-5-8-23-24(12-17)40-14-39-23/h3-9,11-12,20,25-26,32,34-35H,2,10,13-14H2,1H3,(H,31,38)/t20-,25+,26-,30-/m0/s1. The van der Waals surface area contributed by atoms with Gasteiger partial charge in [-0.25, -0.2) is 0 Å². The molecule has 0 aliphatic carbocycles. The minimum absolute atomic E-state index is 0.0353. The Balaban J connectivity index is 1.31. The molecule has 10 heteroatoms. The molecule has 4 N–H and O–H groups in total. The number of amides is 3. The zero-order valence-corrected chi connectivity index (χ0v) is 21.6. The number of anilines is 1. The van der Waals surface area contributed by atoms with E-state index in [0.29, 0.717) is 33.9 Å². The number of likely N-dealkylation sites (tertiary alicyclic amines) is 1. The van der Waals surface area contributed by atoms with Crippen LogP contribution in [0.2, 0.25) is 0 Å². The van der Waals surface area contributed by atoms with Crippen molar-refractivity contribution in [3.05, 3.63) is 76.9 Å². The number of phenols is 2. The van der Waals surface area contributed by atoms with E-state index in [4.69, 9.17) is 9.47 Å². The van der Waals surface area contributed by atoms with E-state index in [1.54, 1.807) is 24.3 Å². The molecular weight excluding hydrogens is 514 g/mol. The van der Waals surface area contributed by atoms with Gasteiger partial charge in [0.25, 0.3) is 0 Å². The molecule has 0 saturated carbocycles. The molecule has 4 aliphatic rings. The molecule has 0 bridgehead atoms. The number of hydrogen-bond acceptors (Lipinski definition) is 8. The second-order valence-electron chi connectivity index (χ2n) is 10.7. The van der Waals surface area contributed by atoms with Gasteiger partial charge in [0.1, 0.15) is 5.54 Å². The van der Waals surface area contributed by atoms with Gasteiger partial charge in [-0.15, -0.1) is 0 Å². The van der Waals surface area contributed by atoms with Crippen molar-refractivity contribution in [3.63, 3.8) is 0 Å². The number of hydrogen-bond donors (Lipinski definition) is 4. The summed E-state index contributed by atoms with van der Waals surface area (Å²) in [4.78, 5) is 43.2. The van der Waals surface area contributed by atoms with Gasteiger partial charge in [-0.3, -0.25) is 24.6 Å². The van der Waals surface area contributed by atoms with Crippen molar-refractivity contribution in [2.45, 2.75) is 37.9 Å². The molecule has 2 fully saturated rings. The first-order valence-electron chi connectivity index (χ1n) is 13.3. The van der Waals surface area contributed by atoms with Crippen LogP contribution in [0, 0.1) is 11.8 Å². The Hall–Kier alpha value is -4.57. The third-order valence-corrected chi connectivity index (χ3v) is 8.55. The lowest BCUT2D eigenvalue weighted by Crippen LogP contribution is -2.53. The summed E-state index contributed by atoms with van der Waals surface area (Å²) in [6.07, 6.45) is 0.995. The van der Waals surface area contributed by atoms with Crippen LogP contribution in [0.3, 0.4) is 0 Å². The lowest BCUT2D eigenvalue weighted by atomic mass is 9.76. The average Bonchev–Trinajstić information content (AvgIpc) is 3.67. The van der Waals surface area contributed by atoms with Gasteiger partial charge in [-0.1, -0.05) is 31.2 Å². The van der Waals surface area contributed by atoms with Crippen molar-refractivity contribution in [2.24, 2.45) is 11.8 Å². The van der Waals surface area contributed by atoms with E-state index in [1.807, 2.05) is 25.1 Å². The molecule has 0 unspecified atom stereocenters. The Morgan fingerprint density at radius 3 is 2.48 bits per heavy atom. The second-order valence-corrected chi connectivity index (χ2v) is 10.7. The normalized spacial score (nSPS) is 26.0. The van der Waals surface area contributed by atoms with Crippen LogP contribution in [0.25, 0.3) is 0 Å². The van der Waals surface area contributed by atoms with E-state index in [2.05, 4.69) is 10.6 Å². The third kappa shape index (κ3) is 3.42. The monoisotopic (exact) mass is 541 g/mol. The van der Waals surface area contributed by atoms with Crippen LogP contribution in [0.5, 0.6) is 23.0 Å². The van der Waals surface area contributed by atoms with Crippen molar-refractivity contribution in [1.82, 2.24) is 10.2 Å². The number of benzene rings is 3. The minimum Gasteiger partial charge on any atom is -0.504 e. The molecule has 0 aromatic heterocycles. The Labute approximate surface area is 229 Å². The molecule has 3 aromatic carbocycles. The van der Waals surface area contributed by atoms with Crippen LogP contribution in [0.1, 0.15) is 29.2 Å². The maximum absolute atomic E-state index is 14.2. The molecule has 4 heterocycles. The second kappa shape index (κ2) is 8.72. The number of phenolic OH excluding ortho intramolecular Hbond substituents is 2. The molecule has 0 radical (unpaired) electrons. The van der Waals surface area contributed by atoms with E-state index in [9.17, 15) is 24.6 Å². The summed E-state index contributed by atoms with van der Waals surface area (Å²) >= 11 is 0. The number of nitrogens with zero attached hydrogens (tertiary/aromatic N) is 1. The van der Waals surface area contributed by atoms with Gasteiger partial charge >= 0.3 is 0 Å². The van der Waals surface area contributed by atoms with Crippen molar-refractivity contribution in [2.75, 3.05) is 12.1 Å². The first-order chi connectivity index (χ1) is 19.3. The number of nitrogens with one attached hydrogen (secondary N) is 2. The maximum atomic E-state index is 14.2. The molecule has 40 heavy (non-hydrogen) atoms. The van der Waals surface area contributed by atoms with Crippen LogP contribution in [-0.2, 0) is 39.3 Å². The zero-order valence-electron chi connectivity index (χ0n) is 21.6. The zero-order chi connectivity index (χ0) is 27.8. The lowest BCUT2D eigenvalue weighted by molar-refractivity contribution is -0.143. The van der Waals surface area contributed by atoms with Gasteiger partial charge in [-0.2, -0.15) is 0 Å². The lowest BCUT2D eigenvalue weighted by Gasteiger charge is -2.30. The van der Waals surface area contributed by atoms with Crippen LogP contribution in [0.15, 0.2) is 54.6 Å². The fourth-order valence-corrected chi connectivity index (χ4v) is 6.63. The predicted octanol–water partition coefficient (Wildman–Crippen LogP) is 2.55. The molecule has 4 atom stereocenters. The molecule has 1 spiro atoms. The van der Waals surface area contributed by atoms with Crippen molar-refractivity contribution < 1.29 is 34.1 Å². The number of imide groups is 1. The first kappa shape index (κ1) is 24.5. The highest BCUT2D eigenvalue weighted by Crippen LogP contribution is 2.54. The predicted molar refractivity (Wildman–Crippen MR) is 142 cm³/mol. The van der Waals surface area contributed by atoms with Crippen LogP contribution in [-0.4, -0.2) is 45.7 Å². The van der Waals surface area contributed by atoms with Crippen LogP contribution >= 0.6 is 0 Å². The number of fused-ring (bicyclic) bond motifs is 5. The summed E-state index contributed by atoms with van der Waals surface area (Å²) in [5, 5.41) is 26.2. The largest absolute Gasteiger partial charge is 0.504 e. The van der Waals surface area contributed by atoms with Gasteiger partial charge in [0.2, 0.25) is 24.5 Å². The summed E-state index contributed by atoms with van der Waals surface area (Å²) in [7, 11) is 0. The maximum Gasteiger partial charge on any atom is 0.250 e. The van der Waals surface area contributed by atoms with Crippen molar-refractivity contribution in [1.29, 1.82) is 0 Å². The summed E-state index contributed by atoms with van der Waals surface area (Å²) in [5.74, 6) is -2.31. The molecule has 2 saturated heterocycles. The molecule has 10 nitrogen and oxygen atoms in total. The van der Waals surface area contributed by atoms with Gasteiger partial charge in [-0.05, 0) is 59.9 Å². The van der Waals surface area contributed by atoms with E-state index in [1.165, 1.54) is 17.0 Å². The van der Waals surface area contributed by atoms with Crippen molar-refractivity contribution in [3.8, 4) is 23.0 Å². The summed E-state index contributed by atoms with van der Waals surface area (Å²) in [6, 6.07) is 14.9. The van der Waals surface area contributed by atoms with Crippen LogP contribution < -0.4 is 20.1 Å². The SMILES string of the molecule is CCc1ccc2c(c1)[C@@]1(N[C@@H](Cc3ccc(O)c(O)c3)[C@H]3C(=O)N(Cc4ccc5c(c4)OCO5)C(=O)[C@H]31)C(=O)N2. The highest BCUT2D eigenvalue weighted by atomic mass is 16.7. The fourth-order valence-electron chi connectivity index (χ4n) is 6.63. The van der Waals surface area contributed by atoms with Gasteiger partial charge < -0.3 is 25.0 Å². The highest BCUT2D eigenvalue weighted by Gasteiger charge is 2.70. The topological polar surface area (TPSA) is 137 Å². The molecule has 3 amide bonds. The number of aryl methyl sites for hydroxylation is 1. The Bertz CT molecular complexity index is 1600. The quantitative estimate of drug-likeness (QED) is 0.286. The number of carbonyl (C=O) groups is 3. The molecule has 4 aliphatic heterocycles.